The van der Waals surface area contributed by atoms with E-state index in [0.29, 0.717) is 0 Å². The summed E-state index contributed by atoms with van der Waals surface area (Å²) in [5.41, 5.74) is 3.54. The average molecular weight is 147 g/mol. The second-order valence-corrected chi connectivity index (χ2v) is 2.57. The lowest BCUT2D eigenvalue weighted by Crippen LogP contribution is -2.01. The minimum atomic E-state index is 1.08. The molecule has 0 radical (unpaired) electrons. The molecule has 0 spiro atoms. The van der Waals surface area contributed by atoms with Gasteiger partial charge in [0.1, 0.15) is 0 Å². The summed E-state index contributed by atoms with van der Waals surface area (Å²) in [5, 5.41) is 0. The molecule has 0 fully saturated rings. The van der Waals surface area contributed by atoms with E-state index in [-0.39, 0.29) is 0 Å². The number of aliphatic imine (C=N–C) groups is 1. The highest BCUT2D eigenvalue weighted by molar-refractivity contribution is 6.11. The highest BCUT2D eigenvalue weighted by Crippen LogP contribution is 2.12. The lowest BCUT2D eigenvalue weighted by atomic mass is 10.0. The van der Waals surface area contributed by atoms with Crippen LogP contribution in [0.1, 0.15) is 13.8 Å². The first kappa shape index (κ1) is 7.99. The van der Waals surface area contributed by atoms with Crippen LogP contribution in [0, 0.1) is 0 Å². The Hall–Kier alpha value is -1.11. The van der Waals surface area contributed by atoms with Crippen LogP contribution < -0.4 is 0 Å². The molecule has 0 aromatic heterocycles. The van der Waals surface area contributed by atoms with Crippen molar-refractivity contribution in [1.29, 1.82) is 0 Å². The maximum absolute atomic E-state index is 4.17. The molecule has 0 atom stereocenters. The van der Waals surface area contributed by atoms with E-state index in [1.165, 1.54) is 11.1 Å². The standard InChI is InChI=1S/C10H13N/c1-4-9-6-5-8(2)7-10(9)11-3/h4-7H,1-3H3/b9-4-,11-10?. The van der Waals surface area contributed by atoms with E-state index >= 15 is 0 Å². The molecular formula is C10H13N. The van der Waals surface area contributed by atoms with Gasteiger partial charge in [-0.2, -0.15) is 0 Å². The van der Waals surface area contributed by atoms with Crippen LogP contribution in [0.3, 0.4) is 0 Å². The summed E-state index contributed by atoms with van der Waals surface area (Å²) < 4.78 is 0. The van der Waals surface area contributed by atoms with Crippen LogP contribution in [0.15, 0.2) is 40.4 Å². The van der Waals surface area contributed by atoms with E-state index in [4.69, 9.17) is 0 Å². The van der Waals surface area contributed by atoms with Gasteiger partial charge >= 0.3 is 0 Å². The smallest absolute Gasteiger partial charge is 0.0642 e. The SMILES string of the molecule is C/C=C1/C=CC(C)=CC1=NC. The Kier molecular flexibility index (Phi) is 2.42. The van der Waals surface area contributed by atoms with E-state index in [0.717, 1.165) is 5.71 Å². The highest BCUT2D eigenvalue weighted by atomic mass is 14.7. The first-order chi connectivity index (χ1) is 5.27. The second kappa shape index (κ2) is 3.33. The van der Waals surface area contributed by atoms with Crippen molar-refractivity contribution in [3.63, 3.8) is 0 Å². The molecule has 0 aromatic rings. The molecule has 58 valence electrons. The van der Waals surface area contributed by atoms with Crippen LogP contribution in [0.25, 0.3) is 0 Å². The predicted octanol–water partition coefficient (Wildman–Crippen LogP) is 2.52. The third kappa shape index (κ3) is 1.67. The van der Waals surface area contributed by atoms with Gasteiger partial charge in [-0.05, 0) is 31.1 Å². The quantitative estimate of drug-likeness (QED) is 0.499. The van der Waals surface area contributed by atoms with Crippen LogP contribution in [0.2, 0.25) is 0 Å². The fourth-order valence-electron chi connectivity index (χ4n) is 1.09. The summed E-state index contributed by atoms with van der Waals surface area (Å²) in [6.07, 6.45) is 8.36. The lowest BCUT2D eigenvalue weighted by Gasteiger charge is -2.07. The van der Waals surface area contributed by atoms with Gasteiger partial charge in [0, 0.05) is 7.05 Å². The molecule has 0 unspecified atom stereocenters. The van der Waals surface area contributed by atoms with Gasteiger partial charge in [-0.15, -0.1) is 0 Å². The van der Waals surface area contributed by atoms with Crippen LogP contribution >= 0.6 is 0 Å². The molecule has 1 nitrogen and oxygen atoms in total. The first-order valence-corrected chi connectivity index (χ1v) is 3.77. The molecule has 0 saturated carbocycles. The largest absolute Gasteiger partial charge is 0.288 e. The third-order valence-electron chi connectivity index (χ3n) is 1.74. The zero-order valence-electron chi connectivity index (χ0n) is 7.26. The Balaban J connectivity index is 3.03. The van der Waals surface area contributed by atoms with E-state index in [1.54, 1.807) is 0 Å². The van der Waals surface area contributed by atoms with Crippen molar-refractivity contribution in [2.45, 2.75) is 13.8 Å². The topological polar surface area (TPSA) is 12.4 Å². The fourth-order valence-corrected chi connectivity index (χ4v) is 1.09. The normalized spacial score (nSPS) is 24.5. The van der Waals surface area contributed by atoms with Gasteiger partial charge in [0.25, 0.3) is 0 Å². The van der Waals surface area contributed by atoms with Crippen molar-refractivity contribution in [3.05, 3.63) is 35.5 Å². The van der Waals surface area contributed by atoms with E-state index in [2.05, 4.69) is 36.2 Å². The molecule has 0 aliphatic heterocycles. The molecule has 1 rings (SSSR count). The van der Waals surface area contributed by atoms with Crippen molar-refractivity contribution >= 4 is 5.71 Å². The summed E-state index contributed by atoms with van der Waals surface area (Å²) >= 11 is 0. The summed E-state index contributed by atoms with van der Waals surface area (Å²) in [5.74, 6) is 0. The van der Waals surface area contributed by atoms with Gasteiger partial charge in [-0.25, -0.2) is 0 Å². The number of rotatable bonds is 0. The molecule has 0 amide bonds. The van der Waals surface area contributed by atoms with Gasteiger partial charge in [-0.1, -0.05) is 18.2 Å². The van der Waals surface area contributed by atoms with Gasteiger partial charge < -0.3 is 0 Å². The average Bonchev–Trinajstić information content (AvgIpc) is 2.04. The van der Waals surface area contributed by atoms with Crippen molar-refractivity contribution in [2.75, 3.05) is 7.05 Å². The van der Waals surface area contributed by atoms with Crippen LogP contribution in [0.5, 0.6) is 0 Å². The summed E-state index contributed by atoms with van der Waals surface area (Å²) in [6, 6.07) is 0. The number of nitrogens with zero attached hydrogens (tertiary/aromatic N) is 1. The monoisotopic (exact) mass is 147 g/mol. The Morgan fingerprint density at radius 3 is 2.64 bits per heavy atom. The number of allylic oxidation sites excluding steroid dienone is 6. The minimum absolute atomic E-state index is 1.08. The van der Waals surface area contributed by atoms with E-state index in [9.17, 15) is 0 Å². The van der Waals surface area contributed by atoms with Crippen molar-refractivity contribution in [2.24, 2.45) is 4.99 Å². The summed E-state index contributed by atoms with van der Waals surface area (Å²) in [6.45, 7) is 4.10. The molecule has 0 saturated heterocycles. The minimum Gasteiger partial charge on any atom is -0.288 e. The van der Waals surface area contributed by atoms with Gasteiger partial charge in [-0.3, -0.25) is 4.99 Å². The van der Waals surface area contributed by atoms with Gasteiger partial charge in [0.15, 0.2) is 0 Å². The van der Waals surface area contributed by atoms with Crippen molar-refractivity contribution in [1.82, 2.24) is 0 Å². The second-order valence-electron chi connectivity index (χ2n) is 2.57. The summed E-state index contributed by atoms with van der Waals surface area (Å²) in [7, 11) is 1.82. The molecular weight excluding hydrogens is 134 g/mol. The molecule has 0 bridgehead atoms. The maximum Gasteiger partial charge on any atom is 0.0642 e. The highest BCUT2D eigenvalue weighted by Gasteiger charge is 2.02. The van der Waals surface area contributed by atoms with Crippen molar-refractivity contribution < 1.29 is 0 Å². The molecule has 0 heterocycles. The maximum atomic E-state index is 4.17. The Morgan fingerprint density at radius 2 is 2.09 bits per heavy atom. The van der Waals surface area contributed by atoms with E-state index in [1.807, 2.05) is 14.0 Å². The molecule has 0 N–H and O–H groups in total. The molecule has 0 aromatic carbocycles. The lowest BCUT2D eigenvalue weighted by molar-refractivity contribution is 1.40. The molecule has 1 aliphatic carbocycles. The van der Waals surface area contributed by atoms with Gasteiger partial charge in [0.2, 0.25) is 0 Å². The zero-order chi connectivity index (χ0) is 8.27. The Labute approximate surface area is 67.8 Å². The van der Waals surface area contributed by atoms with Crippen LogP contribution in [-0.2, 0) is 0 Å². The third-order valence-corrected chi connectivity index (χ3v) is 1.74. The Morgan fingerprint density at radius 1 is 1.36 bits per heavy atom. The number of hydrogen-bond acceptors (Lipinski definition) is 1. The van der Waals surface area contributed by atoms with Crippen LogP contribution in [0.4, 0.5) is 0 Å². The zero-order valence-corrected chi connectivity index (χ0v) is 7.26. The van der Waals surface area contributed by atoms with Gasteiger partial charge in [0.05, 0.1) is 5.71 Å². The first-order valence-electron chi connectivity index (χ1n) is 3.77. The van der Waals surface area contributed by atoms with Crippen molar-refractivity contribution in [3.8, 4) is 0 Å². The summed E-state index contributed by atoms with van der Waals surface area (Å²) in [4.78, 5) is 4.17. The molecule has 1 aliphatic rings. The van der Waals surface area contributed by atoms with E-state index < -0.39 is 0 Å². The molecule has 1 heteroatoms. The Bertz CT molecular complexity index is 265. The molecule has 11 heavy (non-hydrogen) atoms. The van der Waals surface area contributed by atoms with Crippen LogP contribution in [-0.4, -0.2) is 12.8 Å². The number of hydrogen-bond donors (Lipinski definition) is 0. The predicted molar refractivity (Wildman–Crippen MR) is 50.0 cm³/mol. The fraction of sp³-hybridized carbons (Fsp3) is 0.300.